The fraction of sp³-hybridized carbons (Fsp3) is 1.00. The highest BCUT2D eigenvalue weighted by Crippen LogP contribution is 2.22. The molecule has 0 radical (unpaired) electrons. The molecule has 0 spiro atoms. The maximum Gasteiger partial charge on any atom is 0.668 e. The number of quaternary nitrogens is 1. The molecule has 0 atom stereocenters. The van der Waals surface area contributed by atoms with Crippen LogP contribution in [0, 0.1) is 0 Å². The number of hydrogen-bond donors (Lipinski definition) is 1. The van der Waals surface area contributed by atoms with Gasteiger partial charge in [0, 0.05) is 40.9 Å². The normalized spacial score (nSPS) is 13.0. The Labute approximate surface area is 226 Å². The molecule has 0 aromatic rings. The highest BCUT2D eigenvalue weighted by Gasteiger charge is 2.52. The van der Waals surface area contributed by atoms with Gasteiger partial charge in [-0.25, -0.2) is 0 Å². The SMILES string of the molecule is CCCCCCCCCCCCCCCCCC[N+](C)(C)CCC[Si](OC)(OC)O[Si](O)(OC)OC. The second kappa shape index (κ2) is 22.0. The largest absolute Gasteiger partial charge is 0.668 e. The predicted molar refractivity (Wildman–Crippen MR) is 154 cm³/mol. The number of hydrogen-bond acceptors (Lipinski definition) is 6. The van der Waals surface area contributed by atoms with Crippen molar-refractivity contribution in [3.05, 3.63) is 0 Å². The van der Waals surface area contributed by atoms with Crippen molar-refractivity contribution in [1.82, 2.24) is 0 Å². The summed E-state index contributed by atoms with van der Waals surface area (Å²) in [5, 5.41) is 0. The van der Waals surface area contributed by atoms with Gasteiger partial charge in [0.05, 0.1) is 27.2 Å². The van der Waals surface area contributed by atoms with Gasteiger partial charge in [-0.2, -0.15) is 0 Å². The van der Waals surface area contributed by atoms with Gasteiger partial charge >= 0.3 is 17.9 Å². The van der Waals surface area contributed by atoms with E-state index >= 15 is 0 Å². The summed E-state index contributed by atoms with van der Waals surface area (Å²) in [6.45, 7) is 4.46. The average molecular weight is 553 g/mol. The minimum absolute atomic E-state index is 0.614. The predicted octanol–water partition coefficient (Wildman–Crippen LogP) is 6.68. The van der Waals surface area contributed by atoms with Crippen molar-refractivity contribution in [2.45, 2.75) is 122 Å². The molecule has 9 heteroatoms. The van der Waals surface area contributed by atoms with Crippen LogP contribution in [0.2, 0.25) is 6.04 Å². The Hall–Kier alpha value is 0.154. The fourth-order valence-corrected chi connectivity index (χ4v) is 9.35. The summed E-state index contributed by atoms with van der Waals surface area (Å²) in [5.74, 6) is 0. The van der Waals surface area contributed by atoms with Gasteiger partial charge in [-0.1, -0.05) is 96.8 Å². The third kappa shape index (κ3) is 18.4. The van der Waals surface area contributed by atoms with E-state index in [0.717, 1.165) is 17.4 Å². The van der Waals surface area contributed by atoms with E-state index in [-0.39, 0.29) is 0 Å². The maximum atomic E-state index is 10.3. The zero-order valence-electron chi connectivity index (χ0n) is 25.1. The van der Waals surface area contributed by atoms with Gasteiger partial charge in [0.25, 0.3) is 0 Å². The lowest BCUT2D eigenvalue weighted by molar-refractivity contribution is -0.890. The Morgan fingerprint density at radius 1 is 0.528 bits per heavy atom. The Bertz CT molecular complexity index is 491. The second-order valence-electron chi connectivity index (χ2n) is 10.9. The molecule has 1 N–H and O–H groups in total. The van der Waals surface area contributed by atoms with E-state index in [1.807, 2.05) is 0 Å². The number of nitrogens with zero attached hydrogens (tertiary/aromatic N) is 1. The third-order valence-electron chi connectivity index (χ3n) is 7.29. The zero-order valence-corrected chi connectivity index (χ0v) is 27.1. The monoisotopic (exact) mass is 552 g/mol. The summed E-state index contributed by atoms with van der Waals surface area (Å²) < 4.78 is 28.0. The molecule has 0 aliphatic carbocycles. The lowest BCUT2D eigenvalue weighted by Gasteiger charge is -2.34. The molecule has 7 nitrogen and oxygen atoms in total. The molecule has 0 heterocycles. The first-order valence-corrected chi connectivity index (χ1v) is 18.3. The van der Waals surface area contributed by atoms with Gasteiger partial charge < -0.3 is 31.1 Å². The van der Waals surface area contributed by atoms with Crippen molar-refractivity contribution in [2.75, 3.05) is 55.6 Å². The quantitative estimate of drug-likeness (QED) is 0.0696. The Morgan fingerprint density at radius 3 is 1.25 bits per heavy atom. The molecule has 36 heavy (non-hydrogen) atoms. The van der Waals surface area contributed by atoms with Crippen LogP contribution in [-0.2, 0) is 21.8 Å². The molecule has 0 aliphatic heterocycles. The minimum Gasteiger partial charge on any atom is -0.377 e. The van der Waals surface area contributed by atoms with Crippen LogP contribution in [0.3, 0.4) is 0 Å². The van der Waals surface area contributed by atoms with E-state index < -0.39 is 17.9 Å². The molecule has 0 rings (SSSR count). The van der Waals surface area contributed by atoms with Crippen LogP contribution in [-0.4, -0.2) is 82.8 Å². The van der Waals surface area contributed by atoms with E-state index in [1.54, 1.807) is 14.2 Å². The van der Waals surface area contributed by atoms with Crippen LogP contribution >= 0.6 is 0 Å². The molecule has 0 amide bonds. The Morgan fingerprint density at radius 2 is 0.889 bits per heavy atom. The highest BCUT2D eigenvalue weighted by molar-refractivity contribution is 6.71. The van der Waals surface area contributed by atoms with E-state index in [2.05, 4.69) is 21.0 Å². The van der Waals surface area contributed by atoms with E-state index in [9.17, 15) is 4.80 Å². The van der Waals surface area contributed by atoms with Crippen molar-refractivity contribution in [3.8, 4) is 0 Å². The van der Waals surface area contributed by atoms with Gasteiger partial charge in [-0.3, -0.25) is 0 Å². The van der Waals surface area contributed by atoms with Crippen molar-refractivity contribution < 1.29 is 31.1 Å². The van der Waals surface area contributed by atoms with Gasteiger partial charge in [-0.15, -0.1) is 0 Å². The molecular weight excluding hydrogens is 490 g/mol. The first kappa shape index (κ1) is 36.2. The van der Waals surface area contributed by atoms with Crippen LogP contribution < -0.4 is 0 Å². The fourth-order valence-electron chi connectivity index (χ4n) is 4.71. The lowest BCUT2D eigenvalue weighted by atomic mass is 10.0. The van der Waals surface area contributed by atoms with Gasteiger partial charge in [0.1, 0.15) is 0 Å². The summed E-state index contributed by atoms with van der Waals surface area (Å²) in [6.07, 6.45) is 23.3. The van der Waals surface area contributed by atoms with Crippen molar-refractivity contribution >= 4 is 17.9 Å². The minimum atomic E-state index is -3.72. The van der Waals surface area contributed by atoms with Crippen LogP contribution in [0.25, 0.3) is 0 Å². The van der Waals surface area contributed by atoms with Crippen LogP contribution in [0.5, 0.6) is 0 Å². The lowest BCUT2D eigenvalue weighted by Crippen LogP contribution is -2.57. The molecule has 0 aromatic carbocycles. The molecule has 0 unspecified atom stereocenters. The van der Waals surface area contributed by atoms with E-state index in [4.69, 9.17) is 21.8 Å². The molecule has 0 bridgehead atoms. The molecule has 0 saturated carbocycles. The van der Waals surface area contributed by atoms with Gasteiger partial charge in [0.15, 0.2) is 0 Å². The van der Waals surface area contributed by atoms with Crippen LogP contribution in [0.1, 0.15) is 116 Å². The highest BCUT2D eigenvalue weighted by atomic mass is 28.5. The van der Waals surface area contributed by atoms with E-state index in [1.165, 1.54) is 123 Å². The van der Waals surface area contributed by atoms with E-state index in [0.29, 0.717) is 6.04 Å². The number of unbranched alkanes of at least 4 members (excludes halogenated alkanes) is 15. The third-order valence-corrected chi connectivity index (χ3v) is 12.8. The second-order valence-corrected chi connectivity index (χ2v) is 16.3. The Kier molecular flexibility index (Phi) is 22.1. The molecule has 0 fully saturated rings. The van der Waals surface area contributed by atoms with Crippen molar-refractivity contribution in [2.24, 2.45) is 0 Å². The summed E-state index contributed by atoms with van der Waals surface area (Å²) in [4.78, 5) is 10.3. The molecule has 0 saturated heterocycles. The van der Waals surface area contributed by atoms with Crippen molar-refractivity contribution in [1.29, 1.82) is 0 Å². The summed E-state index contributed by atoms with van der Waals surface area (Å²) >= 11 is 0. The molecule has 0 aromatic heterocycles. The topological polar surface area (TPSA) is 66.4 Å². The molecule has 0 aliphatic rings. The average Bonchev–Trinajstić information content (AvgIpc) is 2.87. The van der Waals surface area contributed by atoms with Gasteiger partial charge in [-0.05, 0) is 12.8 Å². The zero-order chi connectivity index (χ0) is 27.2. The summed E-state index contributed by atoms with van der Waals surface area (Å²) in [5.41, 5.74) is 0. The van der Waals surface area contributed by atoms with Crippen LogP contribution in [0.15, 0.2) is 0 Å². The maximum absolute atomic E-state index is 10.3. The summed E-state index contributed by atoms with van der Waals surface area (Å²) in [6, 6.07) is 0.614. The molecular formula is C27H62NO6Si2+. The summed E-state index contributed by atoms with van der Waals surface area (Å²) in [7, 11) is 3.67. The first-order chi connectivity index (χ1) is 17.2. The Balaban J connectivity index is 3.83. The smallest absolute Gasteiger partial charge is 0.377 e. The number of rotatable bonds is 27. The first-order valence-electron chi connectivity index (χ1n) is 14.7. The van der Waals surface area contributed by atoms with Crippen molar-refractivity contribution in [3.63, 3.8) is 0 Å². The van der Waals surface area contributed by atoms with Gasteiger partial charge in [0.2, 0.25) is 0 Å². The standard InChI is InChI=1S/C27H62NO6Si2/c1-8-9-10-11-12-13-14-15-16-17-18-19-20-21-22-23-25-28(2,3)26-24-27-35(30-4,31-5)34-36(29,32-6)33-7/h29H,8-27H2,1-7H3/q+1. The molecule has 218 valence electrons. The van der Waals surface area contributed by atoms with Crippen LogP contribution in [0.4, 0.5) is 0 Å².